The van der Waals surface area contributed by atoms with Crippen molar-refractivity contribution in [3.8, 4) is 0 Å². The third-order valence-electron chi connectivity index (χ3n) is 5.81. The van der Waals surface area contributed by atoms with Crippen molar-refractivity contribution in [1.29, 1.82) is 0 Å². The first-order valence-electron chi connectivity index (χ1n) is 11.9. The Balaban J connectivity index is 1.86. The number of carbonyl (C=O) groups excluding carboxylic acids is 1. The molecule has 2 aliphatic rings. The van der Waals surface area contributed by atoms with Crippen molar-refractivity contribution >= 4 is 25.3 Å². The summed E-state index contributed by atoms with van der Waals surface area (Å²) in [4.78, 5) is 36.1. The zero-order chi connectivity index (χ0) is 28.5. The molecule has 7 atom stereocenters. The number of H-pyrrole nitrogens is 1. The molecule has 1 aliphatic heterocycles. The zero-order valence-electron chi connectivity index (χ0n) is 21.6. The molecule has 3 rings (SSSR count). The van der Waals surface area contributed by atoms with Crippen molar-refractivity contribution in [2.75, 3.05) is 6.61 Å². The number of nitrogens with zero attached hydrogens (tertiary/aromatic N) is 1. The standard InChI is InChI=1S/C23H32ClFN3O9P/c1-13(2)35-18(30)15(4)27-38(33,37-16-8-6-7-14(3)11-16)34-12-23(25)19(31)22(5,24)20(36-23)28-10-9-17(29)26-21(28)32/h6-10,13-15,19-20,31H,11-12H2,1-5H3,(H,27,33)(H,26,29,32). The number of aromatic nitrogens is 2. The third-order valence-corrected chi connectivity index (χ3v) is 7.85. The minimum absolute atomic E-state index is 0.0487. The number of aliphatic hydroxyl groups excluding tert-OH is 1. The Hall–Kier alpha value is -2.28. The van der Waals surface area contributed by atoms with Crippen LogP contribution < -0.4 is 16.3 Å². The number of alkyl halides is 2. The molecule has 0 bridgehead atoms. The molecule has 1 fully saturated rings. The van der Waals surface area contributed by atoms with E-state index in [1.807, 2.05) is 18.0 Å². The summed E-state index contributed by atoms with van der Waals surface area (Å²) < 4.78 is 52.0. The van der Waals surface area contributed by atoms with Crippen molar-refractivity contribution in [3.05, 3.63) is 57.1 Å². The van der Waals surface area contributed by atoms with Gasteiger partial charge in [-0.15, -0.1) is 11.6 Å². The lowest BCUT2D eigenvalue weighted by molar-refractivity contribution is -0.204. The van der Waals surface area contributed by atoms with E-state index in [9.17, 15) is 24.1 Å². The molecule has 1 aromatic heterocycles. The van der Waals surface area contributed by atoms with Crippen LogP contribution in [0, 0.1) is 5.92 Å². The van der Waals surface area contributed by atoms with Crippen LogP contribution in [0.2, 0.25) is 0 Å². The maximum absolute atomic E-state index is 16.0. The van der Waals surface area contributed by atoms with Crippen molar-refractivity contribution in [1.82, 2.24) is 14.6 Å². The van der Waals surface area contributed by atoms with Gasteiger partial charge in [-0.2, -0.15) is 5.09 Å². The lowest BCUT2D eigenvalue weighted by Crippen LogP contribution is -2.47. The fraction of sp³-hybridized carbons (Fsp3) is 0.609. The van der Waals surface area contributed by atoms with Crippen molar-refractivity contribution in [3.63, 3.8) is 0 Å². The van der Waals surface area contributed by atoms with E-state index in [0.29, 0.717) is 6.42 Å². The van der Waals surface area contributed by atoms with Gasteiger partial charge in [0.1, 0.15) is 29.4 Å². The number of aliphatic hydroxyl groups is 1. The van der Waals surface area contributed by atoms with E-state index in [-0.39, 0.29) is 11.7 Å². The molecule has 0 spiro atoms. The third kappa shape index (κ3) is 6.83. The lowest BCUT2D eigenvalue weighted by Gasteiger charge is -2.29. The Morgan fingerprint density at radius 2 is 2.11 bits per heavy atom. The molecule has 0 aromatic carbocycles. The Morgan fingerprint density at radius 1 is 1.42 bits per heavy atom. The van der Waals surface area contributed by atoms with Gasteiger partial charge in [0.05, 0.1) is 6.10 Å². The van der Waals surface area contributed by atoms with Gasteiger partial charge in [0.15, 0.2) is 6.23 Å². The van der Waals surface area contributed by atoms with Crippen LogP contribution in [0.3, 0.4) is 0 Å². The van der Waals surface area contributed by atoms with Crippen LogP contribution in [-0.2, 0) is 27.9 Å². The van der Waals surface area contributed by atoms with Crippen LogP contribution >= 0.6 is 19.3 Å². The summed E-state index contributed by atoms with van der Waals surface area (Å²) >= 11 is 6.39. The second kappa shape index (κ2) is 11.4. The summed E-state index contributed by atoms with van der Waals surface area (Å²) in [5, 5.41) is 13.2. The van der Waals surface area contributed by atoms with Crippen LogP contribution in [0.1, 0.15) is 47.3 Å². The highest BCUT2D eigenvalue weighted by Crippen LogP contribution is 2.53. The summed E-state index contributed by atoms with van der Waals surface area (Å²) in [5.74, 6) is -3.53. The predicted octanol–water partition coefficient (Wildman–Crippen LogP) is 2.64. The van der Waals surface area contributed by atoms with E-state index >= 15 is 4.39 Å². The van der Waals surface area contributed by atoms with E-state index in [1.165, 1.54) is 13.8 Å². The highest BCUT2D eigenvalue weighted by molar-refractivity contribution is 7.51. The summed E-state index contributed by atoms with van der Waals surface area (Å²) in [6.07, 6.45) is 2.40. The van der Waals surface area contributed by atoms with Crippen molar-refractivity contribution in [2.24, 2.45) is 5.92 Å². The maximum atomic E-state index is 16.0. The number of allylic oxidation sites excluding steroid dienone is 4. The molecule has 12 nitrogen and oxygen atoms in total. The normalized spacial score (nSPS) is 31.5. The van der Waals surface area contributed by atoms with E-state index in [4.69, 9.17) is 30.1 Å². The molecule has 1 saturated heterocycles. The molecule has 212 valence electrons. The van der Waals surface area contributed by atoms with Gasteiger partial charge < -0.3 is 19.1 Å². The number of nitrogens with one attached hydrogen (secondary N) is 2. The molecule has 0 saturated carbocycles. The smallest absolute Gasteiger partial charge is 0.459 e. The molecular formula is C23H32ClFN3O9P. The fourth-order valence-electron chi connectivity index (χ4n) is 3.89. The second-order valence-electron chi connectivity index (χ2n) is 9.73. The number of hydrogen-bond acceptors (Lipinski definition) is 9. The van der Waals surface area contributed by atoms with E-state index in [1.54, 1.807) is 26.0 Å². The first-order valence-corrected chi connectivity index (χ1v) is 13.8. The van der Waals surface area contributed by atoms with Gasteiger partial charge in [-0.1, -0.05) is 19.1 Å². The molecule has 1 aliphatic carbocycles. The molecule has 3 N–H and O–H groups in total. The van der Waals surface area contributed by atoms with Crippen LogP contribution in [0.25, 0.3) is 0 Å². The average molecular weight is 580 g/mol. The number of halogens is 2. The minimum Gasteiger partial charge on any atom is -0.462 e. The molecule has 15 heteroatoms. The van der Waals surface area contributed by atoms with Gasteiger partial charge in [-0.05, 0) is 39.7 Å². The van der Waals surface area contributed by atoms with Gasteiger partial charge in [-0.3, -0.25) is 23.7 Å². The average Bonchev–Trinajstić information content (AvgIpc) is 2.98. The highest BCUT2D eigenvalue weighted by Gasteiger charge is 2.63. The summed E-state index contributed by atoms with van der Waals surface area (Å²) in [6, 6.07) is -0.188. The van der Waals surface area contributed by atoms with Gasteiger partial charge in [0.2, 0.25) is 0 Å². The summed E-state index contributed by atoms with van der Waals surface area (Å²) in [6.45, 7) is 6.59. The second-order valence-corrected chi connectivity index (χ2v) is 12.2. The largest absolute Gasteiger partial charge is 0.462 e. The predicted molar refractivity (Wildman–Crippen MR) is 135 cm³/mol. The Labute approximate surface area is 223 Å². The van der Waals surface area contributed by atoms with Crippen molar-refractivity contribution in [2.45, 2.75) is 76.2 Å². The molecule has 38 heavy (non-hydrogen) atoms. The van der Waals surface area contributed by atoms with Crippen molar-refractivity contribution < 1.29 is 37.4 Å². The number of esters is 1. The zero-order valence-corrected chi connectivity index (χ0v) is 23.2. The lowest BCUT2D eigenvalue weighted by atomic mass is 10.00. The van der Waals surface area contributed by atoms with Gasteiger partial charge >= 0.3 is 19.4 Å². The topological polar surface area (TPSA) is 158 Å². The van der Waals surface area contributed by atoms with E-state index in [0.717, 1.165) is 16.8 Å². The summed E-state index contributed by atoms with van der Waals surface area (Å²) in [5.41, 5.74) is -1.65. The maximum Gasteiger partial charge on any atom is 0.459 e. The first kappa shape index (κ1) is 30.3. The van der Waals surface area contributed by atoms with Crippen LogP contribution in [0.4, 0.5) is 4.39 Å². The minimum atomic E-state index is -4.48. The first-order chi connectivity index (χ1) is 17.6. The Morgan fingerprint density at radius 3 is 2.71 bits per heavy atom. The molecule has 7 unspecified atom stereocenters. The van der Waals surface area contributed by atoms with Gasteiger partial charge in [0.25, 0.3) is 11.4 Å². The van der Waals surface area contributed by atoms with Crippen LogP contribution in [0.5, 0.6) is 0 Å². The number of hydrogen-bond donors (Lipinski definition) is 3. The monoisotopic (exact) mass is 579 g/mol. The molecule has 0 radical (unpaired) electrons. The Kier molecular flexibility index (Phi) is 9.12. The van der Waals surface area contributed by atoms with E-state index in [2.05, 4.69) is 5.09 Å². The quantitative estimate of drug-likeness (QED) is 0.214. The molecular weight excluding hydrogens is 548 g/mol. The number of ether oxygens (including phenoxy) is 2. The van der Waals surface area contributed by atoms with Gasteiger partial charge in [-0.25, -0.2) is 13.8 Å². The molecule has 1 aromatic rings. The number of rotatable bonds is 10. The number of carbonyl (C=O) groups is 1. The van der Waals surface area contributed by atoms with E-state index < -0.39 is 66.8 Å². The molecule has 2 heterocycles. The van der Waals surface area contributed by atoms with Gasteiger partial charge in [0, 0.05) is 18.7 Å². The number of aromatic amines is 1. The molecule has 0 amide bonds. The SMILES string of the molecule is CC1C=CC=C(OP(=O)(NC(C)C(=O)OC(C)C)OCC2(F)OC(n3ccc(=O)[nH]c3=O)C(C)(Cl)C2O)C1. The fourth-order valence-corrected chi connectivity index (χ4v) is 5.75. The van der Waals surface area contributed by atoms with Crippen LogP contribution in [-0.4, -0.2) is 56.2 Å². The highest BCUT2D eigenvalue weighted by atomic mass is 35.5. The Bertz CT molecular complexity index is 1260. The summed E-state index contributed by atoms with van der Waals surface area (Å²) in [7, 11) is -4.48. The van der Waals surface area contributed by atoms with Crippen LogP contribution in [0.15, 0.2) is 45.8 Å².